The molecule has 2 amide bonds. The fraction of sp³-hybridized carbons (Fsp3) is 0.816. The van der Waals surface area contributed by atoms with E-state index in [2.05, 4.69) is 88.9 Å². The van der Waals surface area contributed by atoms with Gasteiger partial charge in [-0.2, -0.15) is 0 Å². The first-order chi connectivity index (χ1) is 54.1. The summed E-state index contributed by atoms with van der Waals surface area (Å²) in [5.41, 5.74) is 0. The van der Waals surface area contributed by atoms with Gasteiger partial charge in [0.25, 0.3) is 0 Å². The monoisotopic (exact) mass is 1620 g/mol. The smallest absolute Gasteiger partial charge is 0.471 e. The second-order valence-corrected chi connectivity index (χ2v) is 32.5. The molecular formula is C87H160N2O20P2. The number of phosphoric acid groups is 2. The maximum atomic E-state index is 14.0. The lowest BCUT2D eigenvalue weighted by molar-refractivity contribution is -0.262. The number of hydrogen-bond acceptors (Lipinski definition) is 20. The molecule has 24 heteroatoms. The number of methoxy groups -OCH3 is 4. The van der Waals surface area contributed by atoms with Crippen LogP contribution in [0.4, 0.5) is 0 Å². The number of phosphoric ester groups is 2. The summed E-state index contributed by atoms with van der Waals surface area (Å²) >= 11 is 0. The van der Waals surface area contributed by atoms with Crippen molar-refractivity contribution in [2.75, 3.05) is 81.3 Å². The highest BCUT2D eigenvalue weighted by molar-refractivity contribution is 7.48. The predicted octanol–water partition coefficient (Wildman–Crippen LogP) is 21.4. The molecule has 2 fully saturated rings. The van der Waals surface area contributed by atoms with Crippen molar-refractivity contribution in [3.8, 4) is 0 Å². The van der Waals surface area contributed by atoms with Crippen LogP contribution in [0.25, 0.3) is 0 Å². The second kappa shape index (κ2) is 73.2. The summed E-state index contributed by atoms with van der Waals surface area (Å²) in [4.78, 5) is 26.9. The van der Waals surface area contributed by atoms with Gasteiger partial charge in [-0.1, -0.05) is 249 Å². The Morgan fingerprint density at radius 3 is 1.11 bits per heavy atom. The first-order valence-electron chi connectivity index (χ1n) is 43.1. The van der Waals surface area contributed by atoms with Crippen LogP contribution in [-0.2, 0) is 88.5 Å². The van der Waals surface area contributed by atoms with Crippen molar-refractivity contribution in [2.45, 2.75) is 378 Å². The van der Waals surface area contributed by atoms with Gasteiger partial charge in [-0.25, -0.2) is 9.13 Å². The summed E-state index contributed by atoms with van der Waals surface area (Å²) in [5, 5.41) is 17.3. The van der Waals surface area contributed by atoms with Gasteiger partial charge in [-0.15, -0.1) is 26.3 Å². The Balaban J connectivity index is 0.00000111. The number of nitrogens with one attached hydrogen (secondary N) is 2. The Labute approximate surface area is 674 Å². The van der Waals surface area contributed by atoms with Gasteiger partial charge in [0, 0.05) is 54.5 Å². The van der Waals surface area contributed by atoms with Gasteiger partial charge in [-0.3, -0.25) is 36.7 Å². The van der Waals surface area contributed by atoms with E-state index >= 15 is 0 Å². The number of ether oxygens (including phenoxy) is 9. The molecule has 0 aromatic heterocycles. The van der Waals surface area contributed by atoms with E-state index in [1.807, 2.05) is 6.92 Å². The van der Waals surface area contributed by atoms with E-state index in [1.165, 1.54) is 186 Å². The van der Waals surface area contributed by atoms with Crippen molar-refractivity contribution in [3.63, 3.8) is 0 Å². The number of carbonyl (C=O) groups excluding carboxylic acids is 2. The molecular weight excluding hydrogens is 1450 g/mol. The van der Waals surface area contributed by atoms with E-state index in [9.17, 15) is 23.8 Å². The van der Waals surface area contributed by atoms with Crippen LogP contribution in [0.5, 0.6) is 0 Å². The van der Waals surface area contributed by atoms with Crippen LogP contribution in [0.15, 0.2) is 87.3 Å². The molecule has 0 bridgehead atoms. The van der Waals surface area contributed by atoms with Gasteiger partial charge < -0.3 is 58.4 Å². The lowest BCUT2D eigenvalue weighted by Crippen LogP contribution is -2.66. The number of aliphatic hydroxyl groups is 1. The van der Waals surface area contributed by atoms with Crippen molar-refractivity contribution in [3.05, 3.63) is 87.3 Å². The summed E-state index contributed by atoms with van der Waals surface area (Å²) in [6.07, 6.45) is 55.9. The zero-order valence-corrected chi connectivity index (χ0v) is 72.8. The van der Waals surface area contributed by atoms with Crippen LogP contribution in [0, 0.1) is 0 Å². The highest BCUT2D eigenvalue weighted by Gasteiger charge is 2.53. The first kappa shape index (κ1) is 106. The molecule has 12 atom stereocenters. The molecule has 2 heterocycles. The minimum Gasteiger partial charge on any atom is -0.471 e. The normalized spacial score (nSPS) is 20.8. The maximum absolute atomic E-state index is 14.0. The largest absolute Gasteiger partial charge is 0.475 e. The highest BCUT2D eigenvalue weighted by Crippen LogP contribution is 2.54. The molecule has 0 aromatic rings. The summed E-state index contributed by atoms with van der Waals surface area (Å²) in [6, 6.07) is -1.86. The van der Waals surface area contributed by atoms with Gasteiger partial charge in [0.1, 0.15) is 48.7 Å². The Kier molecular flexibility index (Phi) is 69.7. The predicted molar refractivity (Wildman–Crippen MR) is 449 cm³/mol. The van der Waals surface area contributed by atoms with Crippen LogP contribution in [0.2, 0.25) is 0 Å². The molecule has 2 saturated heterocycles. The summed E-state index contributed by atoms with van der Waals surface area (Å²) in [6.45, 7) is 25.5. The molecule has 0 aliphatic carbocycles. The number of allylic oxidation sites excluding steroid dienone is 5. The first-order valence-corrected chi connectivity index (χ1v) is 46.0. The summed E-state index contributed by atoms with van der Waals surface area (Å²) in [5.74, 6) is -0.398. The Bertz CT molecular complexity index is 2410. The molecule has 2 rings (SSSR count). The van der Waals surface area contributed by atoms with Crippen molar-refractivity contribution < 1.29 is 93.6 Å². The maximum Gasteiger partial charge on any atom is 0.475 e. The fourth-order valence-corrected chi connectivity index (χ4v) is 16.0. The molecule has 2 aliphatic heterocycles. The molecule has 0 radical (unpaired) electrons. The van der Waals surface area contributed by atoms with Gasteiger partial charge in [0.15, 0.2) is 6.29 Å². The van der Waals surface area contributed by atoms with Crippen molar-refractivity contribution >= 4 is 27.5 Å². The van der Waals surface area contributed by atoms with E-state index in [4.69, 9.17) is 69.8 Å². The van der Waals surface area contributed by atoms with Crippen LogP contribution in [0.3, 0.4) is 0 Å². The number of hydrogen-bond donors (Lipinski definition) is 3. The molecule has 0 saturated carbocycles. The SMILES string of the molecule is C=CCOP(=O)(OCC=C)O[C@H]1[C@H](OCC[C@@H](CCCCCCC)OC)[C@@H](NC(=O)CCCCCCCCC/C=C\CCCCCC)C(O)O[C@@H]1COC.C=CCOP(=O)(OCC=C)O[C@H]1[C@H](OCC[C@@H](CCCCCCC)OC)[C@@H](NC(=O)CCCCCCCCC/C=C\CCCCCC)[C@@H](O/C=C\C)O[C@@H]1COC. The average molecular weight is 1620 g/mol. The number of unbranched alkanes of at least 4 members (excludes halogenated alkanes) is 30. The van der Waals surface area contributed by atoms with Gasteiger partial charge >= 0.3 is 15.6 Å². The Hall–Kier alpha value is -3.22. The fourth-order valence-electron chi connectivity index (χ4n) is 13.3. The Morgan fingerprint density at radius 2 is 0.757 bits per heavy atom. The quantitative estimate of drug-likeness (QED) is 0.0221. The van der Waals surface area contributed by atoms with E-state index in [1.54, 1.807) is 20.3 Å². The highest BCUT2D eigenvalue weighted by atomic mass is 31.2. The number of rotatable bonds is 76. The topological polar surface area (TPSA) is 251 Å². The summed E-state index contributed by atoms with van der Waals surface area (Å²) in [7, 11) is -1.98. The van der Waals surface area contributed by atoms with Crippen molar-refractivity contribution in [1.82, 2.24) is 10.6 Å². The summed E-state index contributed by atoms with van der Waals surface area (Å²) < 4.78 is 116. The zero-order chi connectivity index (χ0) is 81.5. The van der Waals surface area contributed by atoms with Crippen LogP contribution in [-0.4, -0.2) is 172 Å². The van der Waals surface area contributed by atoms with Gasteiger partial charge in [0.2, 0.25) is 18.1 Å². The standard InChI is InChI=1S/C45H82NO10P.C42H78NO10P/c1-8-13-15-17-18-19-20-21-22-23-24-25-26-28-30-32-41(47)46-42-44(51-37-33-39(50-7)31-29-27-16-14-9-2)43(40(38-49-6)55-45(42)52-34-10-3)56-57(48,53-35-11-4)54-36-12-5;1-7-11-13-15-16-17-18-19-20-21-22-23-24-26-28-30-38(44)43-39-41(49-34-31-36(48-6)29-27-25-14-12-8-2)40(37(35-47-5)52-42(39)45)53-54(46,50-32-9-3)51-33-10-4/h10-12,19-20,34,39-40,42-45H,4-5,8-9,13-18,21-33,35-38H2,1-3,6-7H3,(H,46,47);9-10,17-18,36-37,39-42,45H,3-4,7-8,11-16,19-35H2,1-2,5-6H3,(H,43,44)/b20-19-,34-10-;18-17-/t39-,40-,42-,43-,44-,45+;36-,37-,39-,40-,41-,42?/m11/s1. The van der Waals surface area contributed by atoms with Crippen LogP contribution < -0.4 is 10.6 Å². The van der Waals surface area contributed by atoms with Crippen molar-refractivity contribution in [1.29, 1.82) is 0 Å². The van der Waals surface area contributed by atoms with Crippen LogP contribution in [0.1, 0.15) is 304 Å². The lowest BCUT2D eigenvalue weighted by atomic mass is 9.96. The third-order valence-corrected chi connectivity index (χ3v) is 22.5. The van der Waals surface area contributed by atoms with E-state index in [0.29, 0.717) is 25.7 Å². The van der Waals surface area contributed by atoms with Gasteiger partial charge in [0.05, 0.1) is 58.1 Å². The molecule has 2 aliphatic rings. The number of amides is 2. The minimum absolute atomic E-state index is 0.0105. The van der Waals surface area contributed by atoms with Crippen molar-refractivity contribution in [2.24, 2.45) is 0 Å². The van der Waals surface area contributed by atoms with Crippen LogP contribution >= 0.6 is 15.6 Å². The zero-order valence-electron chi connectivity index (χ0n) is 71.0. The second-order valence-electron chi connectivity index (χ2n) is 29.2. The third-order valence-electron chi connectivity index (χ3n) is 19.6. The minimum atomic E-state index is -4.21. The van der Waals surface area contributed by atoms with E-state index in [-0.39, 0.29) is 76.9 Å². The van der Waals surface area contributed by atoms with E-state index < -0.39 is 76.9 Å². The molecule has 0 spiro atoms. The van der Waals surface area contributed by atoms with E-state index in [0.717, 1.165) is 103 Å². The lowest BCUT2D eigenvalue weighted by Gasteiger charge is -2.46. The molecule has 111 heavy (non-hydrogen) atoms. The average Bonchev–Trinajstić information content (AvgIpc) is 0.787. The molecule has 648 valence electrons. The Morgan fingerprint density at radius 1 is 0.432 bits per heavy atom. The molecule has 3 N–H and O–H groups in total. The molecule has 22 nitrogen and oxygen atoms in total. The third kappa shape index (κ3) is 53.0. The van der Waals surface area contributed by atoms with Gasteiger partial charge in [-0.05, 0) is 96.8 Å². The molecule has 1 unspecified atom stereocenters. The molecule has 0 aromatic carbocycles. The number of carbonyl (C=O) groups is 2. The number of aliphatic hydroxyl groups excluding tert-OH is 1.